The number of fused-ring (bicyclic) bond motifs is 2. The van der Waals surface area contributed by atoms with E-state index in [1.807, 2.05) is 31.2 Å². The van der Waals surface area contributed by atoms with E-state index in [0.29, 0.717) is 52.8 Å². The van der Waals surface area contributed by atoms with E-state index in [-0.39, 0.29) is 36.0 Å². The summed E-state index contributed by atoms with van der Waals surface area (Å²) in [6.07, 6.45) is 5.29. The number of hydrogen-bond donors (Lipinski definition) is 2. The predicted octanol–water partition coefficient (Wildman–Crippen LogP) is 5.35. The molecular weight excluding hydrogens is 568 g/mol. The topological polar surface area (TPSA) is 125 Å². The van der Waals surface area contributed by atoms with Crippen LogP contribution in [0.3, 0.4) is 0 Å². The van der Waals surface area contributed by atoms with Crippen LogP contribution in [0.2, 0.25) is 0 Å². The molecule has 2 N–H and O–H groups in total. The quantitative estimate of drug-likeness (QED) is 0.184. The molecule has 2 aromatic carbocycles. The van der Waals surface area contributed by atoms with E-state index in [0.717, 1.165) is 31.4 Å². The Hall–Kier alpha value is -4.25. The number of carbonyl (C=O) groups excluding carboxylic acids is 2. The van der Waals surface area contributed by atoms with Gasteiger partial charge in [-0.2, -0.15) is 0 Å². The van der Waals surface area contributed by atoms with Gasteiger partial charge in [0.25, 0.3) is 5.56 Å². The van der Waals surface area contributed by atoms with Gasteiger partial charge in [-0.15, -0.1) is 0 Å². The van der Waals surface area contributed by atoms with E-state index in [1.165, 1.54) is 11.8 Å². The first kappa shape index (κ1) is 28.9. The Bertz CT molecular complexity index is 1660. The summed E-state index contributed by atoms with van der Waals surface area (Å²) in [7, 11) is 0. The van der Waals surface area contributed by atoms with Crippen molar-refractivity contribution in [2.24, 2.45) is 11.8 Å². The van der Waals surface area contributed by atoms with Crippen molar-refractivity contribution in [3.05, 3.63) is 77.0 Å². The van der Waals surface area contributed by atoms with Gasteiger partial charge in [0, 0.05) is 24.2 Å². The molecule has 2 aromatic heterocycles. The van der Waals surface area contributed by atoms with E-state index in [9.17, 15) is 14.4 Å². The zero-order valence-electron chi connectivity index (χ0n) is 23.9. The third-order valence-corrected chi connectivity index (χ3v) is 9.41. The fraction of sp³-hybridized carbons (Fsp3) is 0.375. The van der Waals surface area contributed by atoms with Gasteiger partial charge in [0.2, 0.25) is 18.6 Å². The number of amides is 2. The average molecular weight is 603 g/mol. The van der Waals surface area contributed by atoms with Crippen LogP contribution in [-0.2, 0) is 22.7 Å². The van der Waals surface area contributed by atoms with Crippen molar-refractivity contribution in [1.29, 1.82) is 0 Å². The van der Waals surface area contributed by atoms with Gasteiger partial charge in [-0.05, 0) is 74.4 Å². The summed E-state index contributed by atoms with van der Waals surface area (Å²) >= 11 is 1.31. The van der Waals surface area contributed by atoms with E-state index in [2.05, 4.69) is 10.6 Å². The Morgan fingerprint density at radius 2 is 1.86 bits per heavy atom. The number of rotatable bonds is 10. The van der Waals surface area contributed by atoms with E-state index < -0.39 is 5.25 Å². The molecule has 2 aliphatic rings. The second-order valence-corrected chi connectivity index (χ2v) is 12.1. The number of aromatic nitrogens is 2. The van der Waals surface area contributed by atoms with Crippen molar-refractivity contribution >= 4 is 40.2 Å². The summed E-state index contributed by atoms with van der Waals surface area (Å²) in [5, 5.41) is 6.55. The van der Waals surface area contributed by atoms with Crippen LogP contribution in [-0.4, -0.2) is 33.4 Å². The minimum Gasteiger partial charge on any atom is -0.467 e. The van der Waals surface area contributed by atoms with Gasteiger partial charge in [-0.1, -0.05) is 30.8 Å². The van der Waals surface area contributed by atoms with E-state index in [4.69, 9.17) is 18.9 Å². The highest BCUT2D eigenvalue weighted by molar-refractivity contribution is 8.00. The van der Waals surface area contributed by atoms with Crippen LogP contribution >= 0.6 is 11.8 Å². The van der Waals surface area contributed by atoms with Crippen LogP contribution in [0, 0.1) is 11.8 Å². The molecule has 11 heteroatoms. The highest BCUT2D eigenvalue weighted by atomic mass is 32.2. The lowest BCUT2D eigenvalue weighted by molar-refractivity contribution is -0.126. The summed E-state index contributed by atoms with van der Waals surface area (Å²) in [5.41, 5.74) is 1.11. The molecule has 1 fully saturated rings. The van der Waals surface area contributed by atoms with Crippen LogP contribution in [0.4, 0.5) is 5.69 Å². The van der Waals surface area contributed by atoms with Gasteiger partial charge in [0.15, 0.2) is 16.7 Å². The minimum atomic E-state index is -0.474. The Balaban J connectivity index is 1.15. The fourth-order valence-electron chi connectivity index (χ4n) is 5.64. The summed E-state index contributed by atoms with van der Waals surface area (Å²) in [6, 6.07) is 16.2. The number of furan rings is 1. The summed E-state index contributed by atoms with van der Waals surface area (Å²) in [4.78, 5) is 44.7. The molecule has 6 rings (SSSR count). The molecule has 3 heterocycles. The molecule has 0 spiro atoms. The molecule has 224 valence electrons. The van der Waals surface area contributed by atoms with Gasteiger partial charge >= 0.3 is 0 Å². The van der Waals surface area contributed by atoms with Crippen LogP contribution < -0.4 is 25.7 Å². The average Bonchev–Trinajstić information content (AvgIpc) is 3.73. The molecule has 1 saturated carbocycles. The summed E-state index contributed by atoms with van der Waals surface area (Å²) < 4.78 is 17.8. The Kier molecular flexibility index (Phi) is 8.69. The molecule has 10 nitrogen and oxygen atoms in total. The fourth-order valence-corrected chi connectivity index (χ4v) is 6.67. The van der Waals surface area contributed by atoms with Crippen molar-refractivity contribution in [2.75, 3.05) is 12.1 Å². The SMILES string of the molecule is CC[C@H](Sc1nc2ccccc2c(=O)n1CC1CCC(C(=O)NCc2ccco2)CC1)C(=O)Nc1ccc2c(c1)OCO2. The number of anilines is 1. The minimum absolute atomic E-state index is 0.0369. The first-order chi connectivity index (χ1) is 21.0. The lowest BCUT2D eigenvalue weighted by Crippen LogP contribution is -2.34. The highest BCUT2D eigenvalue weighted by Gasteiger charge is 2.29. The zero-order chi connectivity index (χ0) is 29.8. The van der Waals surface area contributed by atoms with Crippen molar-refractivity contribution in [2.45, 2.75) is 62.5 Å². The van der Waals surface area contributed by atoms with Gasteiger partial charge in [0.05, 0.1) is 29.0 Å². The lowest BCUT2D eigenvalue weighted by atomic mass is 9.81. The van der Waals surface area contributed by atoms with Gasteiger partial charge in [-0.25, -0.2) is 4.98 Å². The molecule has 0 radical (unpaired) electrons. The largest absolute Gasteiger partial charge is 0.467 e. The molecule has 1 atom stereocenters. The monoisotopic (exact) mass is 602 g/mol. The number of thioether (sulfide) groups is 1. The van der Waals surface area contributed by atoms with Crippen LogP contribution in [0.15, 0.2) is 75.2 Å². The molecule has 4 aromatic rings. The highest BCUT2D eigenvalue weighted by Crippen LogP contribution is 2.35. The van der Waals surface area contributed by atoms with Crippen LogP contribution in [0.25, 0.3) is 10.9 Å². The maximum atomic E-state index is 13.7. The van der Waals surface area contributed by atoms with Gasteiger partial charge in [0.1, 0.15) is 5.76 Å². The number of ether oxygens (including phenoxy) is 2. The molecular formula is C32H34N4O6S. The maximum absolute atomic E-state index is 13.7. The van der Waals surface area contributed by atoms with Gasteiger partial charge in [-0.3, -0.25) is 19.0 Å². The maximum Gasteiger partial charge on any atom is 0.262 e. The standard InChI is InChI=1S/C32H34N4O6S/c1-2-28(30(38)34-22-13-14-26-27(16-22)42-19-41-26)43-32-35-25-8-4-3-7-24(25)31(39)36(32)18-20-9-11-21(12-10-20)29(37)33-17-23-6-5-15-40-23/h3-8,13-16,20-21,28H,2,9-12,17-19H2,1H3,(H,33,37)(H,34,38)/t20?,21?,28-/m0/s1. The first-order valence-electron chi connectivity index (χ1n) is 14.7. The lowest BCUT2D eigenvalue weighted by Gasteiger charge is -2.29. The van der Waals surface area contributed by atoms with Crippen molar-refractivity contribution < 1.29 is 23.5 Å². The predicted molar refractivity (Wildman–Crippen MR) is 163 cm³/mol. The first-order valence-corrected chi connectivity index (χ1v) is 15.5. The Morgan fingerprint density at radius 3 is 2.65 bits per heavy atom. The second-order valence-electron chi connectivity index (χ2n) is 10.9. The second kappa shape index (κ2) is 12.9. The molecule has 0 saturated heterocycles. The van der Waals surface area contributed by atoms with E-state index >= 15 is 0 Å². The van der Waals surface area contributed by atoms with Crippen molar-refractivity contribution in [1.82, 2.24) is 14.9 Å². The van der Waals surface area contributed by atoms with Crippen LogP contribution in [0.5, 0.6) is 11.5 Å². The number of para-hydroxylation sites is 1. The molecule has 2 amide bonds. The normalized spacial score (nSPS) is 18.3. The summed E-state index contributed by atoms with van der Waals surface area (Å²) in [6.45, 7) is 2.97. The van der Waals surface area contributed by atoms with Crippen molar-refractivity contribution in [3.8, 4) is 11.5 Å². The molecule has 1 aliphatic carbocycles. The van der Waals surface area contributed by atoms with Crippen LogP contribution in [0.1, 0.15) is 44.8 Å². The number of nitrogens with one attached hydrogen (secondary N) is 2. The Morgan fingerprint density at radius 1 is 1.05 bits per heavy atom. The molecule has 1 aliphatic heterocycles. The zero-order valence-corrected chi connectivity index (χ0v) is 24.7. The molecule has 43 heavy (non-hydrogen) atoms. The number of carbonyl (C=O) groups is 2. The molecule has 0 unspecified atom stereocenters. The van der Waals surface area contributed by atoms with Crippen molar-refractivity contribution in [3.63, 3.8) is 0 Å². The third kappa shape index (κ3) is 6.56. The number of nitrogens with zero attached hydrogens (tertiary/aromatic N) is 2. The smallest absolute Gasteiger partial charge is 0.262 e. The third-order valence-electron chi connectivity index (χ3n) is 8.05. The summed E-state index contributed by atoms with van der Waals surface area (Å²) in [5.74, 6) is 1.98. The number of benzene rings is 2. The Labute approximate surface area is 253 Å². The molecule has 0 bridgehead atoms. The van der Waals surface area contributed by atoms with E-state index in [1.54, 1.807) is 41.2 Å². The number of hydrogen-bond acceptors (Lipinski definition) is 8. The van der Waals surface area contributed by atoms with Gasteiger partial charge < -0.3 is 24.5 Å².